The number of hydrogen-bond donors (Lipinski definition) is 1. The van der Waals surface area contributed by atoms with Gasteiger partial charge in [0.2, 0.25) is 0 Å². The van der Waals surface area contributed by atoms with Gasteiger partial charge in [-0.1, -0.05) is 102 Å². The number of aromatic carboxylic acids is 1. The van der Waals surface area contributed by atoms with Crippen molar-refractivity contribution in [1.82, 2.24) is 0 Å². The maximum Gasteiger partial charge on any atom is 0.336 e. The Hall–Kier alpha value is -1.31. The van der Waals surface area contributed by atoms with Gasteiger partial charge in [-0.05, 0) is 30.9 Å². The molecule has 0 saturated carbocycles. The van der Waals surface area contributed by atoms with Gasteiger partial charge in [0, 0.05) is 0 Å². The van der Waals surface area contributed by atoms with Gasteiger partial charge < -0.3 is 5.11 Å². The average Bonchev–Trinajstić information content (AvgIpc) is 2.58. The number of carboxylic acids is 1. The summed E-state index contributed by atoms with van der Waals surface area (Å²) >= 11 is 0. The summed E-state index contributed by atoms with van der Waals surface area (Å²) in [4.78, 5) is 11.4. The lowest BCUT2D eigenvalue weighted by molar-refractivity contribution is 0.0695. The zero-order chi connectivity index (χ0) is 18.3. The number of rotatable bonds is 15. The first-order valence-corrected chi connectivity index (χ1v) is 10.5. The molecule has 1 aromatic rings. The zero-order valence-electron chi connectivity index (χ0n) is 16.5. The Morgan fingerprint density at radius 2 is 1.28 bits per heavy atom. The molecule has 1 rings (SSSR count). The van der Waals surface area contributed by atoms with E-state index in [9.17, 15) is 9.90 Å². The quantitative estimate of drug-likeness (QED) is 0.338. The van der Waals surface area contributed by atoms with Gasteiger partial charge in [0.15, 0.2) is 0 Å². The Morgan fingerprint density at radius 3 is 1.76 bits per heavy atom. The number of carbonyl (C=O) groups is 1. The molecule has 0 amide bonds. The summed E-state index contributed by atoms with van der Waals surface area (Å²) in [5.41, 5.74) is 2.39. The first kappa shape index (κ1) is 21.7. The van der Waals surface area contributed by atoms with Crippen molar-refractivity contribution < 1.29 is 9.90 Å². The van der Waals surface area contributed by atoms with Gasteiger partial charge >= 0.3 is 5.97 Å². The fourth-order valence-electron chi connectivity index (χ4n) is 3.58. The summed E-state index contributed by atoms with van der Waals surface area (Å²) in [6.07, 6.45) is 18.4. The molecule has 0 aromatic heterocycles. The summed E-state index contributed by atoms with van der Waals surface area (Å²) in [6, 6.07) is 5.83. The van der Waals surface area contributed by atoms with E-state index >= 15 is 0 Å². The van der Waals surface area contributed by atoms with Crippen LogP contribution in [0, 0.1) is 6.92 Å². The van der Waals surface area contributed by atoms with Gasteiger partial charge in [0.1, 0.15) is 0 Å². The minimum absolute atomic E-state index is 0.515. The monoisotopic (exact) mass is 346 g/mol. The lowest BCUT2D eigenvalue weighted by Gasteiger charge is -2.09. The topological polar surface area (TPSA) is 37.3 Å². The largest absolute Gasteiger partial charge is 0.478 e. The second-order valence-corrected chi connectivity index (χ2v) is 7.41. The van der Waals surface area contributed by atoms with Crippen molar-refractivity contribution in [3.05, 3.63) is 34.9 Å². The molecule has 0 saturated heterocycles. The molecule has 25 heavy (non-hydrogen) atoms. The van der Waals surface area contributed by atoms with E-state index in [1.54, 1.807) is 0 Å². The summed E-state index contributed by atoms with van der Waals surface area (Å²) in [5, 5.41) is 9.35. The molecule has 0 aliphatic carbocycles. The van der Waals surface area contributed by atoms with Gasteiger partial charge in [-0.15, -0.1) is 0 Å². The van der Waals surface area contributed by atoms with Crippen LogP contribution in [-0.2, 0) is 6.42 Å². The van der Waals surface area contributed by atoms with E-state index in [1.165, 1.54) is 77.0 Å². The Kier molecular flexibility index (Phi) is 12.1. The van der Waals surface area contributed by atoms with E-state index in [1.807, 2.05) is 25.1 Å². The van der Waals surface area contributed by atoms with Crippen molar-refractivity contribution in [2.24, 2.45) is 0 Å². The molecule has 0 aliphatic rings. The molecule has 0 atom stereocenters. The molecule has 1 N–H and O–H groups in total. The van der Waals surface area contributed by atoms with E-state index in [0.717, 1.165) is 24.0 Å². The molecule has 2 nitrogen and oxygen atoms in total. The van der Waals surface area contributed by atoms with Gasteiger partial charge in [-0.2, -0.15) is 0 Å². The van der Waals surface area contributed by atoms with Crippen LogP contribution in [-0.4, -0.2) is 11.1 Å². The molecular weight excluding hydrogens is 308 g/mol. The highest BCUT2D eigenvalue weighted by atomic mass is 16.4. The first-order valence-electron chi connectivity index (χ1n) is 10.5. The fourth-order valence-corrected chi connectivity index (χ4v) is 3.58. The van der Waals surface area contributed by atoms with E-state index in [4.69, 9.17) is 0 Å². The normalized spacial score (nSPS) is 11.0. The SMILES string of the molecule is CCCCCCCCCCCCCCCc1cccc(C)c1C(=O)O. The number of aryl methyl sites for hydroxylation is 2. The highest BCUT2D eigenvalue weighted by molar-refractivity contribution is 5.91. The highest BCUT2D eigenvalue weighted by Gasteiger charge is 2.12. The number of hydrogen-bond acceptors (Lipinski definition) is 1. The third-order valence-electron chi connectivity index (χ3n) is 5.12. The van der Waals surface area contributed by atoms with Crippen molar-refractivity contribution in [2.75, 3.05) is 0 Å². The summed E-state index contributed by atoms with van der Waals surface area (Å²) in [5.74, 6) is -0.789. The molecule has 0 bridgehead atoms. The maximum absolute atomic E-state index is 11.4. The second-order valence-electron chi connectivity index (χ2n) is 7.41. The van der Waals surface area contributed by atoms with Crippen LogP contribution in [0.15, 0.2) is 18.2 Å². The number of unbranched alkanes of at least 4 members (excludes halogenated alkanes) is 12. The van der Waals surface area contributed by atoms with Crippen molar-refractivity contribution in [3.63, 3.8) is 0 Å². The third-order valence-corrected chi connectivity index (χ3v) is 5.12. The summed E-state index contributed by atoms with van der Waals surface area (Å²) in [6.45, 7) is 4.16. The molecule has 1 aromatic carbocycles. The second kappa shape index (κ2) is 13.9. The van der Waals surface area contributed by atoms with Crippen LogP contribution < -0.4 is 0 Å². The van der Waals surface area contributed by atoms with Crippen LogP contribution in [0.3, 0.4) is 0 Å². The van der Waals surface area contributed by atoms with Crippen molar-refractivity contribution in [1.29, 1.82) is 0 Å². The predicted molar refractivity (Wildman–Crippen MR) is 108 cm³/mol. The van der Waals surface area contributed by atoms with E-state index in [-0.39, 0.29) is 0 Å². The van der Waals surface area contributed by atoms with Gasteiger partial charge in [-0.3, -0.25) is 0 Å². The molecule has 0 aliphatic heterocycles. The molecule has 0 spiro atoms. The highest BCUT2D eigenvalue weighted by Crippen LogP contribution is 2.18. The Morgan fingerprint density at radius 1 is 0.800 bits per heavy atom. The minimum Gasteiger partial charge on any atom is -0.478 e. The van der Waals surface area contributed by atoms with Crippen molar-refractivity contribution in [3.8, 4) is 0 Å². The van der Waals surface area contributed by atoms with Gasteiger partial charge in [-0.25, -0.2) is 4.79 Å². The molecule has 2 heteroatoms. The average molecular weight is 347 g/mol. The number of benzene rings is 1. The van der Waals surface area contributed by atoms with Gasteiger partial charge in [0.25, 0.3) is 0 Å². The Balaban J connectivity index is 2.01. The number of carboxylic acid groups (broad SMARTS) is 1. The van der Waals surface area contributed by atoms with Crippen LogP contribution in [0.2, 0.25) is 0 Å². The summed E-state index contributed by atoms with van der Waals surface area (Å²) in [7, 11) is 0. The molecule has 0 heterocycles. The Bertz CT molecular complexity index is 479. The molecular formula is C23H38O2. The predicted octanol–water partition coefficient (Wildman–Crippen LogP) is 7.33. The van der Waals surface area contributed by atoms with Crippen LogP contribution >= 0.6 is 0 Å². The zero-order valence-corrected chi connectivity index (χ0v) is 16.5. The first-order chi connectivity index (χ1) is 12.2. The van der Waals surface area contributed by atoms with Crippen LogP contribution in [0.25, 0.3) is 0 Å². The standard InChI is InChI=1S/C23H38O2/c1-3-4-5-6-7-8-9-10-11-12-13-14-15-18-21-19-16-17-20(2)22(21)23(24)25/h16-17,19H,3-15,18H2,1-2H3,(H,24,25). The van der Waals surface area contributed by atoms with Crippen LogP contribution in [0.4, 0.5) is 0 Å². The van der Waals surface area contributed by atoms with Crippen molar-refractivity contribution in [2.45, 2.75) is 104 Å². The smallest absolute Gasteiger partial charge is 0.336 e. The lowest BCUT2D eigenvalue weighted by atomic mass is 9.97. The molecule has 0 unspecified atom stereocenters. The van der Waals surface area contributed by atoms with Crippen molar-refractivity contribution >= 4 is 5.97 Å². The van der Waals surface area contributed by atoms with Crippen LogP contribution in [0.1, 0.15) is 112 Å². The molecule has 0 fully saturated rings. The summed E-state index contributed by atoms with van der Waals surface area (Å²) < 4.78 is 0. The Labute approximate surface area is 155 Å². The fraction of sp³-hybridized carbons (Fsp3) is 0.696. The lowest BCUT2D eigenvalue weighted by Crippen LogP contribution is -2.05. The third kappa shape index (κ3) is 9.67. The van der Waals surface area contributed by atoms with E-state index in [0.29, 0.717) is 5.56 Å². The van der Waals surface area contributed by atoms with Gasteiger partial charge in [0.05, 0.1) is 5.56 Å². The maximum atomic E-state index is 11.4. The van der Waals surface area contributed by atoms with E-state index < -0.39 is 5.97 Å². The van der Waals surface area contributed by atoms with E-state index in [2.05, 4.69) is 6.92 Å². The van der Waals surface area contributed by atoms with Crippen LogP contribution in [0.5, 0.6) is 0 Å². The minimum atomic E-state index is -0.789. The molecule has 142 valence electrons. The molecule has 0 radical (unpaired) electrons.